The van der Waals surface area contributed by atoms with Gasteiger partial charge in [0, 0.05) is 11.6 Å². The predicted molar refractivity (Wildman–Crippen MR) is 99.9 cm³/mol. The van der Waals surface area contributed by atoms with Crippen LogP contribution < -0.4 is 16.0 Å². The second-order valence-corrected chi connectivity index (χ2v) is 6.64. The van der Waals surface area contributed by atoms with E-state index in [1.54, 1.807) is 20.8 Å². The van der Waals surface area contributed by atoms with Crippen LogP contribution in [0.15, 0.2) is 24.3 Å². The van der Waals surface area contributed by atoms with Gasteiger partial charge in [-0.1, -0.05) is 20.8 Å². The van der Waals surface area contributed by atoms with Crippen molar-refractivity contribution in [2.45, 2.75) is 46.2 Å². The minimum absolute atomic E-state index is 0.109. The second-order valence-electron chi connectivity index (χ2n) is 6.64. The first-order valence-electron chi connectivity index (χ1n) is 8.97. The first-order chi connectivity index (χ1) is 13.1. The van der Waals surface area contributed by atoms with Crippen molar-refractivity contribution in [1.82, 2.24) is 16.0 Å². The Bertz CT molecular complexity index is 706. The summed E-state index contributed by atoms with van der Waals surface area (Å²) in [6.45, 7) is 6.37. The number of rotatable bonds is 8. The van der Waals surface area contributed by atoms with Crippen LogP contribution in [0.2, 0.25) is 0 Å². The van der Waals surface area contributed by atoms with Gasteiger partial charge in [-0.05, 0) is 43.5 Å². The molecule has 0 saturated heterocycles. The van der Waals surface area contributed by atoms with E-state index >= 15 is 0 Å². The number of halogens is 1. The predicted octanol–water partition coefficient (Wildman–Crippen LogP) is 1.75. The van der Waals surface area contributed by atoms with Crippen LogP contribution in [0.1, 0.15) is 44.5 Å². The lowest BCUT2D eigenvalue weighted by Gasteiger charge is -2.20. The third-order valence-corrected chi connectivity index (χ3v) is 3.90. The number of hydrogen-bond acceptors (Lipinski definition) is 5. The molecular weight excluding hydrogens is 369 g/mol. The molecule has 1 rings (SSSR count). The zero-order chi connectivity index (χ0) is 21.3. The molecule has 0 fully saturated rings. The molecule has 0 aliphatic rings. The number of amides is 4. The fraction of sp³-hybridized carbons (Fsp3) is 0.474. The van der Waals surface area contributed by atoms with E-state index in [4.69, 9.17) is 4.74 Å². The second kappa shape index (κ2) is 11.0. The highest BCUT2D eigenvalue weighted by Crippen LogP contribution is 2.08. The van der Waals surface area contributed by atoms with Crippen molar-refractivity contribution in [3.05, 3.63) is 35.6 Å². The lowest BCUT2D eigenvalue weighted by atomic mass is 10.0. The Kier molecular flexibility index (Phi) is 9.07. The molecule has 0 spiro atoms. The van der Waals surface area contributed by atoms with Gasteiger partial charge in [-0.3, -0.25) is 14.9 Å². The van der Waals surface area contributed by atoms with Crippen LogP contribution in [0, 0.1) is 11.7 Å². The summed E-state index contributed by atoms with van der Waals surface area (Å²) >= 11 is 0. The highest BCUT2D eigenvalue weighted by molar-refractivity contribution is 5.98. The maximum absolute atomic E-state index is 13.0. The molecule has 0 aliphatic carbocycles. The molecule has 9 heteroatoms. The van der Waals surface area contributed by atoms with Crippen molar-refractivity contribution in [2.75, 3.05) is 6.61 Å². The molecule has 154 valence electrons. The maximum Gasteiger partial charge on any atom is 0.329 e. The standard InChI is InChI=1S/C19H26FN3O5/c1-5-12(4)21-19(27)22-15(24)10-28-18(26)16(11(2)3)23-17(25)13-6-8-14(20)9-7-13/h6-9,11-12,16H,5,10H2,1-4H3,(H,23,25)(H2,21,22,24,27)/t12-,16+/m1/s1. The molecule has 0 unspecified atom stereocenters. The van der Waals surface area contributed by atoms with Gasteiger partial charge < -0.3 is 15.4 Å². The largest absolute Gasteiger partial charge is 0.454 e. The summed E-state index contributed by atoms with van der Waals surface area (Å²) in [5.74, 6) is -2.99. The summed E-state index contributed by atoms with van der Waals surface area (Å²) < 4.78 is 17.9. The third kappa shape index (κ3) is 7.73. The summed E-state index contributed by atoms with van der Waals surface area (Å²) in [4.78, 5) is 47.8. The summed E-state index contributed by atoms with van der Waals surface area (Å²) in [6, 6.07) is 3.04. The highest BCUT2D eigenvalue weighted by atomic mass is 19.1. The van der Waals surface area contributed by atoms with Crippen molar-refractivity contribution in [3.8, 4) is 0 Å². The van der Waals surface area contributed by atoms with Crippen molar-refractivity contribution in [1.29, 1.82) is 0 Å². The van der Waals surface area contributed by atoms with Crippen LogP contribution >= 0.6 is 0 Å². The minimum atomic E-state index is -1.01. The monoisotopic (exact) mass is 395 g/mol. The van der Waals surface area contributed by atoms with E-state index in [9.17, 15) is 23.6 Å². The van der Waals surface area contributed by atoms with E-state index in [0.717, 1.165) is 12.1 Å². The molecule has 2 atom stereocenters. The Labute approximate surface area is 163 Å². The molecule has 1 aromatic rings. The van der Waals surface area contributed by atoms with E-state index in [2.05, 4.69) is 16.0 Å². The van der Waals surface area contributed by atoms with E-state index in [-0.39, 0.29) is 17.5 Å². The summed E-state index contributed by atoms with van der Waals surface area (Å²) in [7, 11) is 0. The maximum atomic E-state index is 13.0. The van der Waals surface area contributed by atoms with Crippen LogP contribution in [-0.4, -0.2) is 42.5 Å². The normalized spacial score (nSPS) is 12.6. The lowest BCUT2D eigenvalue weighted by molar-refractivity contribution is -0.151. The van der Waals surface area contributed by atoms with Gasteiger partial charge >= 0.3 is 12.0 Å². The van der Waals surface area contributed by atoms with Crippen LogP contribution in [0.25, 0.3) is 0 Å². The quantitative estimate of drug-likeness (QED) is 0.580. The van der Waals surface area contributed by atoms with Gasteiger partial charge in [-0.25, -0.2) is 14.0 Å². The molecule has 4 amide bonds. The van der Waals surface area contributed by atoms with Crippen molar-refractivity contribution < 1.29 is 28.3 Å². The highest BCUT2D eigenvalue weighted by Gasteiger charge is 2.27. The Morgan fingerprint density at radius 3 is 2.18 bits per heavy atom. The number of urea groups is 1. The van der Waals surface area contributed by atoms with Gasteiger partial charge in [0.25, 0.3) is 11.8 Å². The molecule has 0 saturated carbocycles. The van der Waals surface area contributed by atoms with Gasteiger partial charge in [0.15, 0.2) is 6.61 Å². The Hall–Kier alpha value is -2.97. The average molecular weight is 395 g/mol. The van der Waals surface area contributed by atoms with E-state index in [1.807, 2.05) is 6.92 Å². The number of esters is 1. The summed E-state index contributed by atoms with van der Waals surface area (Å²) in [5.41, 5.74) is 0.180. The van der Waals surface area contributed by atoms with E-state index < -0.39 is 42.3 Å². The topological polar surface area (TPSA) is 114 Å². The Morgan fingerprint density at radius 1 is 1.04 bits per heavy atom. The number of imide groups is 1. The third-order valence-electron chi connectivity index (χ3n) is 3.90. The first kappa shape index (κ1) is 23.1. The smallest absolute Gasteiger partial charge is 0.329 e. The molecule has 0 heterocycles. The number of carbonyl (C=O) groups is 4. The number of nitrogens with one attached hydrogen (secondary N) is 3. The van der Waals surface area contributed by atoms with Gasteiger partial charge in [0.1, 0.15) is 11.9 Å². The van der Waals surface area contributed by atoms with Crippen LogP contribution in [0.4, 0.5) is 9.18 Å². The summed E-state index contributed by atoms with van der Waals surface area (Å²) in [5, 5.41) is 7.10. The average Bonchev–Trinajstić information content (AvgIpc) is 2.63. The fourth-order valence-electron chi connectivity index (χ4n) is 2.07. The van der Waals surface area contributed by atoms with Crippen LogP contribution in [-0.2, 0) is 14.3 Å². The molecule has 3 N–H and O–H groups in total. The van der Waals surface area contributed by atoms with Gasteiger partial charge in [-0.2, -0.15) is 0 Å². The molecule has 1 aromatic carbocycles. The molecular formula is C19H26FN3O5. The SMILES string of the molecule is CC[C@@H](C)NC(=O)NC(=O)COC(=O)[C@@H](NC(=O)c1ccc(F)cc1)C(C)C. The Balaban J connectivity index is 2.58. The first-order valence-corrected chi connectivity index (χ1v) is 8.97. The van der Waals surface area contributed by atoms with Crippen molar-refractivity contribution in [3.63, 3.8) is 0 Å². The zero-order valence-electron chi connectivity index (χ0n) is 16.4. The number of benzene rings is 1. The van der Waals surface area contributed by atoms with E-state index in [1.165, 1.54) is 12.1 Å². The molecule has 8 nitrogen and oxygen atoms in total. The van der Waals surface area contributed by atoms with Crippen LogP contribution in [0.5, 0.6) is 0 Å². The van der Waals surface area contributed by atoms with Crippen LogP contribution in [0.3, 0.4) is 0 Å². The number of hydrogen-bond donors (Lipinski definition) is 3. The molecule has 0 bridgehead atoms. The van der Waals surface area contributed by atoms with Gasteiger partial charge in [0.05, 0.1) is 0 Å². The molecule has 28 heavy (non-hydrogen) atoms. The van der Waals surface area contributed by atoms with Gasteiger partial charge in [-0.15, -0.1) is 0 Å². The lowest BCUT2D eigenvalue weighted by Crippen LogP contribution is -2.47. The Morgan fingerprint density at radius 2 is 1.64 bits per heavy atom. The minimum Gasteiger partial charge on any atom is -0.454 e. The molecule has 0 radical (unpaired) electrons. The number of carbonyl (C=O) groups excluding carboxylic acids is 4. The molecule has 0 aromatic heterocycles. The molecule has 0 aliphatic heterocycles. The van der Waals surface area contributed by atoms with Crippen molar-refractivity contribution >= 4 is 23.8 Å². The fourth-order valence-corrected chi connectivity index (χ4v) is 2.07. The summed E-state index contributed by atoms with van der Waals surface area (Å²) in [6.07, 6.45) is 0.695. The van der Waals surface area contributed by atoms with E-state index in [0.29, 0.717) is 6.42 Å². The van der Waals surface area contributed by atoms with Crippen molar-refractivity contribution in [2.24, 2.45) is 5.92 Å². The van der Waals surface area contributed by atoms with Gasteiger partial charge in [0.2, 0.25) is 0 Å². The number of ether oxygens (including phenoxy) is 1. The zero-order valence-corrected chi connectivity index (χ0v) is 16.4.